The Hall–Kier alpha value is -0.910. The minimum atomic E-state index is -0.540. The van der Waals surface area contributed by atoms with Crippen LogP contribution in [0.1, 0.15) is 18.5 Å². The summed E-state index contributed by atoms with van der Waals surface area (Å²) in [6.07, 6.45) is 0. The minimum absolute atomic E-state index is 0.0890. The summed E-state index contributed by atoms with van der Waals surface area (Å²) in [6.45, 7) is 2.72. The maximum atomic E-state index is 13.4. The lowest BCUT2D eigenvalue weighted by molar-refractivity contribution is 0.558. The Morgan fingerprint density at radius 2 is 1.71 bits per heavy atom. The fourth-order valence-electron chi connectivity index (χ4n) is 2.01. The van der Waals surface area contributed by atoms with Crippen molar-refractivity contribution in [2.75, 3.05) is 12.3 Å². The molecule has 1 atom stereocenters. The fourth-order valence-corrected chi connectivity index (χ4v) is 3.27. The van der Waals surface area contributed by atoms with Crippen LogP contribution in [0.5, 0.6) is 0 Å². The molecule has 0 saturated heterocycles. The summed E-state index contributed by atoms with van der Waals surface area (Å²) in [6, 6.07) is 11.6. The smallest absolute Gasteiger partial charge is 0.126 e. The highest BCUT2D eigenvalue weighted by Crippen LogP contribution is 2.26. The molecule has 0 radical (unpaired) electrons. The number of benzene rings is 2. The second kappa shape index (κ2) is 7.92. The molecule has 0 amide bonds. The van der Waals surface area contributed by atoms with Crippen LogP contribution in [-0.2, 0) is 0 Å². The third-order valence-corrected chi connectivity index (χ3v) is 4.60. The summed E-state index contributed by atoms with van der Waals surface area (Å²) in [5.74, 6) is -0.374. The van der Waals surface area contributed by atoms with Gasteiger partial charge in [0.1, 0.15) is 11.6 Å². The topological polar surface area (TPSA) is 12.0 Å². The first-order chi connectivity index (χ1) is 10.1. The van der Waals surface area contributed by atoms with E-state index in [-0.39, 0.29) is 6.04 Å². The van der Waals surface area contributed by atoms with E-state index in [4.69, 9.17) is 0 Å². The Labute approximate surface area is 136 Å². The van der Waals surface area contributed by atoms with E-state index < -0.39 is 11.6 Å². The lowest BCUT2D eigenvalue weighted by Gasteiger charge is -2.18. The molecule has 1 nitrogen and oxygen atoms in total. The van der Waals surface area contributed by atoms with Crippen LogP contribution in [0, 0.1) is 11.6 Å². The van der Waals surface area contributed by atoms with Gasteiger partial charge in [-0.1, -0.05) is 22.9 Å². The number of nitrogens with one attached hydrogen (secondary N) is 1. The van der Waals surface area contributed by atoms with Gasteiger partial charge < -0.3 is 5.32 Å². The predicted octanol–water partition coefficient (Wildman–Crippen LogP) is 5.17. The van der Waals surface area contributed by atoms with Crippen LogP contribution in [0.25, 0.3) is 0 Å². The molecule has 0 aliphatic carbocycles. The second-order valence-corrected chi connectivity index (χ2v) is 6.59. The first kappa shape index (κ1) is 16.5. The lowest BCUT2D eigenvalue weighted by Crippen LogP contribution is -2.23. The third kappa shape index (κ3) is 5.09. The molecule has 2 aromatic rings. The van der Waals surface area contributed by atoms with E-state index >= 15 is 0 Å². The maximum Gasteiger partial charge on any atom is 0.126 e. The van der Waals surface area contributed by atoms with E-state index in [2.05, 4.69) is 21.2 Å². The highest BCUT2D eigenvalue weighted by Gasteiger charge is 2.13. The number of thioether (sulfide) groups is 1. The van der Waals surface area contributed by atoms with Gasteiger partial charge in [-0.25, -0.2) is 8.78 Å². The van der Waals surface area contributed by atoms with E-state index in [1.807, 2.05) is 31.2 Å². The Bertz CT molecular complexity index is 569. The summed E-state index contributed by atoms with van der Waals surface area (Å²) in [4.78, 5) is 1.12. The van der Waals surface area contributed by atoms with Gasteiger partial charge in [0.2, 0.25) is 0 Å². The van der Waals surface area contributed by atoms with E-state index in [0.29, 0.717) is 11.3 Å². The van der Waals surface area contributed by atoms with Gasteiger partial charge in [-0.05, 0) is 48.5 Å². The molecule has 1 unspecified atom stereocenters. The molecule has 112 valence electrons. The van der Waals surface area contributed by atoms with Crippen LogP contribution in [0.3, 0.4) is 0 Å². The second-order valence-electron chi connectivity index (χ2n) is 4.58. The predicted molar refractivity (Wildman–Crippen MR) is 87.6 cm³/mol. The van der Waals surface area contributed by atoms with E-state index in [9.17, 15) is 8.78 Å². The van der Waals surface area contributed by atoms with Crippen molar-refractivity contribution in [3.05, 3.63) is 64.1 Å². The standard InChI is InChI=1S/C16H16BrF2NS/c1-2-20-16(11-7-13(18)9-14(19)8-11)10-21-15-5-3-12(17)4-6-15/h3-9,16,20H,2,10H2,1H3. The highest BCUT2D eigenvalue weighted by atomic mass is 79.9. The Kier molecular flexibility index (Phi) is 6.21. The van der Waals surface area contributed by atoms with Crippen LogP contribution in [0.2, 0.25) is 0 Å². The van der Waals surface area contributed by atoms with Gasteiger partial charge in [0.25, 0.3) is 0 Å². The van der Waals surface area contributed by atoms with E-state index in [1.165, 1.54) is 12.1 Å². The Morgan fingerprint density at radius 3 is 2.29 bits per heavy atom. The number of rotatable bonds is 6. The molecule has 0 spiro atoms. The van der Waals surface area contributed by atoms with Crippen molar-refractivity contribution in [2.45, 2.75) is 17.9 Å². The van der Waals surface area contributed by atoms with Gasteiger partial charge in [-0.3, -0.25) is 0 Å². The SMILES string of the molecule is CCNC(CSc1ccc(Br)cc1)c1cc(F)cc(F)c1. The lowest BCUT2D eigenvalue weighted by atomic mass is 10.1. The van der Waals surface area contributed by atoms with Crippen molar-refractivity contribution < 1.29 is 8.78 Å². The molecule has 0 bridgehead atoms. The number of hydrogen-bond acceptors (Lipinski definition) is 2. The number of hydrogen-bond donors (Lipinski definition) is 1. The van der Waals surface area contributed by atoms with Crippen molar-refractivity contribution in [3.8, 4) is 0 Å². The normalized spacial score (nSPS) is 12.4. The van der Waals surface area contributed by atoms with Gasteiger partial charge >= 0.3 is 0 Å². The van der Waals surface area contributed by atoms with Crippen molar-refractivity contribution >= 4 is 27.7 Å². The van der Waals surface area contributed by atoms with Crippen molar-refractivity contribution in [3.63, 3.8) is 0 Å². The van der Waals surface area contributed by atoms with Crippen molar-refractivity contribution in [1.29, 1.82) is 0 Å². The Balaban J connectivity index is 2.09. The zero-order chi connectivity index (χ0) is 15.2. The average Bonchev–Trinajstić information content (AvgIpc) is 2.44. The van der Waals surface area contributed by atoms with Gasteiger partial charge in [-0.2, -0.15) is 0 Å². The molecule has 0 fully saturated rings. The molecule has 0 saturated carbocycles. The summed E-state index contributed by atoms with van der Waals surface area (Å²) in [5.41, 5.74) is 0.638. The zero-order valence-electron chi connectivity index (χ0n) is 11.6. The third-order valence-electron chi connectivity index (χ3n) is 2.97. The van der Waals surface area contributed by atoms with Crippen molar-refractivity contribution in [2.24, 2.45) is 0 Å². The maximum absolute atomic E-state index is 13.4. The molecular weight excluding hydrogens is 356 g/mol. The van der Waals surface area contributed by atoms with Crippen LogP contribution < -0.4 is 5.32 Å². The summed E-state index contributed by atoms with van der Waals surface area (Å²) in [7, 11) is 0. The molecule has 5 heteroatoms. The monoisotopic (exact) mass is 371 g/mol. The first-order valence-corrected chi connectivity index (χ1v) is 8.44. The molecule has 1 N–H and O–H groups in total. The summed E-state index contributed by atoms with van der Waals surface area (Å²) < 4.78 is 27.7. The molecular formula is C16H16BrF2NS. The van der Waals surface area contributed by atoms with Gasteiger partial charge in [-0.15, -0.1) is 11.8 Å². The molecule has 2 aromatic carbocycles. The average molecular weight is 372 g/mol. The zero-order valence-corrected chi connectivity index (χ0v) is 14.0. The van der Waals surface area contributed by atoms with Gasteiger partial charge in [0.05, 0.1) is 0 Å². The van der Waals surface area contributed by atoms with Gasteiger partial charge in [0, 0.05) is 27.2 Å². The Morgan fingerprint density at radius 1 is 1.10 bits per heavy atom. The minimum Gasteiger partial charge on any atom is -0.309 e. The van der Waals surface area contributed by atoms with E-state index in [0.717, 1.165) is 22.0 Å². The molecule has 0 aliphatic rings. The fraction of sp³-hybridized carbons (Fsp3) is 0.250. The number of halogens is 3. The van der Waals surface area contributed by atoms with Crippen LogP contribution in [0.15, 0.2) is 51.8 Å². The molecule has 0 heterocycles. The van der Waals surface area contributed by atoms with Crippen LogP contribution in [-0.4, -0.2) is 12.3 Å². The molecule has 0 aliphatic heterocycles. The van der Waals surface area contributed by atoms with Crippen LogP contribution in [0.4, 0.5) is 8.78 Å². The summed E-state index contributed by atoms with van der Waals surface area (Å²) >= 11 is 5.05. The molecule has 0 aromatic heterocycles. The van der Waals surface area contributed by atoms with Crippen LogP contribution >= 0.6 is 27.7 Å². The first-order valence-electron chi connectivity index (χ1n) is 6.66. The van der Waals surface area contributed by atoms with Gasteiger partial charge in [0.15, 0.2) is 0 Å². The largest absolute Gasteiger partial charge is 0.309 e. The molecule has 2 rings (SSSR count). The van der Waals surface area contributed by atoms with E-state index in [1.54, 1.807) is 11.8 Å². The highest BCUT2D eigenvalue weighted by molar-refractivity contribution is 9.10. The summed E-state index contributed by atoms with van der Waals surface area (Å²) in [5, 5.41) is 3.27. The molecule has 21 heavy (non-hydrogen) atoms. The van der Waals surface area contributed by atoms with Crippen molar-refractivity contribution in [1.82, 2.24) is 5.32 Å². The quantitative estimate of drug-likeness (QED) is 0.702.